The van der Waals surface area contributed by atoms with Gasteiger partial charge in [-0.3, -0.25) is 10.4 Å². The molecule has 0 saturated carbocycles. The predicted octanol–water partition coefficient (Wildman–Crippen LogP) is 6.97. The minimum atomic E-state index is -4.74. The van der Waals surface area contributed by atoms with Crippen molar-refractivity contribution in [1.29, 1.82) is 5.41 Å². The Kier molecular flexibility index (Phi) is 8.21. The number of benzene rings is 3. The van der Waals surface area contributed by atoms with Crippen molar-refractivity contribution >= 4 is 46.8 Å². The van der Waals surface area contributed by atoms with Gasteiger partial charge in [0, 0.05) is 17.6 Å². The number of anilines is 1. The van der Waals surface area contributed by atoms with Crippen molar-refractivity contribution in [2.45, 2.75) is 39.0 Å². The van der Waals surface area contributed by atoms with Gasteiger partial charge in [0.15, 0.2) is 5.11 Å². The number of hydrogen-bond acceptors (Lipinski definition) is 5. The van der Waals surface area contributed by atoms with Crippen LogP contribution in [0.4, 0.5) is 24.5 Å². The first-order chi connectivity index (χ1) is 18.1. The molecular formula is C28H26F3N5OS. The Morgan fingerprint density at radius 1 is 1.05 bits per heavy atom. The molecule has 0 aliphatic heterocycles. The summed E-state index contributed by atoms with van der Waals surface area (Å²) in [5, 5.41) is 15.8. The summed E-state index contributed by atoms with van der Waals surface area (Å²) in [4.78, 5) is 4.62. The molecule has 0 bridgehead atoms. The number of para-hydroxylation sites is 1. The molecule has 1 aliphatic carbocycles. The van der Waals surface area contributed by atoms with Crippen molar-refractivity contribution in [1.82, 2.24) is 5.43 Å². The molecule has 3 aromatic rings. The molecule has 0 heterocycles. The molecule has 1 unspecified atom stereocenters. The van der Waals surface area contributed by atoms with Crippen molar-refractivity contribution < 1.29 is 17.9 Å². The number of nitrogens with zero attached hydrogens (tertiary/aromatic N) is 2. The van der Waals surface area contributed by atoms with Crippen LogP contribution in [0.5, 0.6) is 5.75 Å². The van der Waals surface area contributed by atoms with Gasteiger partial charge in [0.25, 0.3) is 0 Å². The summed E-state index contributed by atoms with van der Waals surface area (Å²) in [6.07, 6.45) is -0.377. The SMILES string of the molecule is Cc1cccc(C)c1NC(=S)N/N=C\c1ccc2c(c1)CCC(=Nc1ccc(OC(F)(F)F)cc1)C2C=N. The maximum atomic E-state index is 12.4. The Morgan fingerprint density at radius 2 is 1.76 bits per heavy atom. The topological polar surface area (TPSA) is 81.9 Å². The van der Waals surface area contributed by atoms with E-state index >= 15 is 0 Å². The number of nitrogens with one attached hydrogen (secondary N) is 3. The molecular weight excluding hydrogens is 511 g/mol. The first-order valence-electron chi connectivity index (χ1n) is 11.9. The van der Waals surface area contributed by atoms with Crippen LogP contribution < -0.4 is 15.5 Å². The van der Waals surface area contributed by atoms with E-state index in [1.807, 2.05) is 50.2 Å². The van der Waals surface area contributed by atoms with Crippen LogP contribution in [-0.4, -0.2) is 29.6 Å². The third-order valence-corrected chi connectivity index (χ3v) is 6.31. The number of ether oxygens (including phenoxy) is 1. The number of thiocarbonyl (C=S) groups is 1. The van der Waals surface area contributed by atoms with Gasteiger partial charge in [-0.05, 0) is 97.1 Å². The first kappa shape index (κ1) is 27.0. The average Bonchev–Trinajstić information content (AvgIpc) is 2.86. The summed E-state index contributed by atoms with van der Waals surface area (Å²) in [6.45, 7) is 4.02. The number of fused-ring (bicyclic) bond motifs is 1. The van der Waals surface area contributed by atoms with E-state index in [0.29, 0.717) is 17.2 Å². The summed E-state index contributed by atoms with van der Waals surface area (Å²) in [5.74, 6) is -0.618. The number of rotatable bonds is 6. The summed E-state index contributed by atoms with van der Waals surface area (Å²) in [7, 11) is 0. The van der Waals surface area contributed by atoms with Gasteiger partial charge in [-0.25, -0.2) is 0 Å². The smallest absolute Gasteiger partial charge is 0.406 e. The van der Waals surface area contributed by atoms with E-state index in [2.05, 4.69) is 25.6 Å². The van der Waals surface area contributed by atoms with Crippen LogP contribution in [0.15, 0.2) is 70.8 Å². The Bertz CT molecular complexity index is 1380. The lowest BCUT2D eigenvalue weighted by molar-refractivity contribution is -0.274. The Hall–Kier alpha value is -4.05. The molecule has 3 N–H and O–H groups in total. The lowest BCUT2D eigenvalue weighted by Gasteiger charge is -2.25. The molecule has 196 valence electrons. The molecule has 0 spiro atoms. The number of halogens is 3. The molecule has 6 nitrogen and oxygen atoms in total. The zero-order chi connectivity index (χ0) is 27.3. The van der Waals surface area contributed by atoms with Gasteiger partial charge in [-0.15, -0.1) is 13.2 Å². The number of hydrogen-bond donors (Lipinski definition) is 3. The number of alkyl halides is 3. The maximum Gasteiger partial charge on any atom is 0.573 e. The summed E-state index contributed by atoms with van der Waals surface area (Å²) < 4.78 is 41.1. The van der Waals surface area contributed by atoms with E-state index in [-0.39, 0.29) is 11.7 Å². The average molecular weight is 538 g/mol. The highest BCUT2D eigenvalue weighted by atomic mass is 32.1. The molecule has 3 aromatic carbocycles. The van der Waals surface area contributed by atoms with Crippen LogP contribution in [0.1, 0.15) is 40.2 Å². The van der Waals surface area contributed by atoms with E-state index in [4.69, 9.17) is 17.6 Å². The maximum absolute atomic E-state index is 12.4. The zero-order valence-corrected chi connectivity index (χ0v) is 21.6. The van der Waals surface area contributed by atoms with Gasteiger partial charge in [0.1, 0.15) is 5.75 Å². The summed E-state index contributed by atoms with van der Waals surface area (Å²) in [5.41, 5.74) is 10.2. The number of aryl methyl sites for hydroxylation is 3. The van der Waals surface area contributed by atoms with Crippen LogP contribution in [0.25, 0.3) is 0 Å². The normalized spacial score (nSPS) is 16.2. The van der Waals surface area contributed by atoms with Gasteiger partial charge in [0.2, 0.25) is 0 Å². The van der Waals surface area contributed by atoms with Gasteiger partial charge in [-0.1, -0.05) is 30.3 Å². The zero-order valence-electron chi connectivity index (χ0n) is 20.8. The second-order valence-corrected chi connectivity index (χ2v) is 9.25. The van der Waals surface area contributed by atoms with Crippen LogP contribution in [0, 0.1) is 19.3 Å². The van der Waals surface area contributed by atoms with E-state index in [1.165, 1.54) is 30.5 Å². The van der Waals surface area contributed by atoms with Crippen molar-refractivity contribution in [3.63, 3.8) is 0 Å². The second kappa shape index (κ2) is 11.6. The van der Waals surface area contributed by atoms with Crippen LogP contribution in [-0.2, 0) is 6.42 Å². The monoisotopic (exact) mass is 537 g/mol. The minimum absolute atomic E-state index is 0.301. The van der Waals surface area contributed by atoms with Crippen molar-refractivity contribution in [2.24, 2.45) is 10.1 Å². The predicted molar refractivity (Wildman–Crippen MR) is 149 cm³/mol. The highest BCUT2D eigenvalue weighted by Crippen LogP contribution is 2.32. The standard InChI is InChI=1S/C28H26F3N5OS/c1-17-4-3-5-18(2)26(17)35-27(38)36-33-16-19-6-12-23-20(14-19)7-13-25(24(23)15-32)34-21-8-10-22(11-9-21)37-28(29,30)31/h3-6,8-12,14-16,24,32H,7,13H2,1-2H3,(H2,35,36,38)/b32-15?,33-16-,34-25?. The van der Waals surface area contributed by atoms with E-state index < -0.39 is 6.36 Å². The number of hydrazone groups is 1. The third kappa shape index (κ3) is 6.83. The molecule has 0 amide bonds. The molecule has 0 radical (unpaired) electrons. The van der Waals surface area contributed by atoms with Gasteiger partial charge in [-0.2, -0.15) is 5.10 Å². The van der Waals surface area contributed by atoms with E-state index in [0.717, 1.165) is 45.6 Å². The van der Waals surface area contributed by atoms with E-state index in [9.17, 15) is 13.2 Å². The Labute approximate surface area is 224 Å². The molecule has 0 aromatic heterocycles. The Balaban J connectivity index is 1.42. The molecule has 0 fully saturated rings. The third-order valence-electron chi connectivity index (χ3n) is 6.12. The highest BCUT2D eigenvalue weighted by molar-refractivity contribution is 7.80. The Morgan fingerprint density at radius 3 is 2.42 bits per heavy atom. The second-order valence-electron chi connectivity index (χ2n) is 8.84. The van der Waals surface area contributed by atoms with Gasteiger partial charge < -0.3 is 15.5 Å². The fourth-order valence-corrected chi connectivity index (χ4v) is 4.50. The molecule has 4 rings (SSSR count). The summed E-state index contributed by atoms with van der Waals surface area (Å²) >= 11 is 5.36. The minimum Gasteiger partial charge on any atom is -0.406 e. The molecule has 1 atom stereocenters. The van der Waals surface area contributed by atoms with Gasteiger partial charge >= 0.3 is 6.36 Å². The fraction of sp³-hybridized carbons (Fsp3) is 0.214. The summed E-state index contributed by atoms with van der Waals surface area (Å²) in [6, 6.07) is 17.3. The van der Waals surface area contributed by atoms with Crippen molar-refractivity contribution in [3.05, 3.63) is 88.5 Å². The molecule has 1 aliphatic rings. The lowest BCUT2D eigenvalue weighted by atomic mass is 9.81. The van der Waals surface area contributed by atoms with Crippen LogP contribution in [0.2, 0.25) is 0 Å². The van der Waals surface area contributed by atoms with Gasteiger partial charge in [0.05, 0.1) is 17.8 Å². The van der Waals surface area contributed by atoms with Crippen molar-refractivity contribution in [2.75, 3.05) is 5.32 Å². The number of aliphatic imine (C=N–C) groups is 1. The van der Waals surface area contributed by atoms with Crippen molar-refractivity contribution in [3.8, 4) is 5.75 Å². The lowest BCUT2D eigenvalue weighted by Crippen LogP contribution is -2.24. The first-order valence-corrected chi connectivity index (χ1v) is 12.3. The largest absolute Gasteiger partial charge is 0.573 e. The van der Waals surface area contributed by atoms with Crippen LogP contribution in [0.3, 0.4) is 0 Å². The highest BCUT2D eigenvalue weighted by Gasteiger charge is 2.31. The fourth-order valence-electron chi connectivity index (χ4n) is 4.34. The molecule has 38 heavy (non-hydrogen) atoms. The molecule has 0 saturated heterocycles. The van der Waals surface area contributed by atoms with E-state index in [1.54, 1.807) is 6.21 Å². The van der Waals surface area contributed by atoms with Crippen LogP contribution >= 0.6 is 12.2 Å². The molecule has 10 heteroatoms. The quantitative estimate of drug-likeness (QED) is 0.180.